The second-order valence-electron chi connectivity index (χ2n) is 7.28. The molecule has 2 aromatic carbocycles. The first kappa shape index (κ1) is 19.1. The summed E-state index contributed by atoms with van der Waals surface area (Å²) >= 11 is 0. The van der Waals surface area contributed by atoms with Crippen LogP contribution in [-0.4, -0.2) is 11.8 Å². The number of amides is 2. The molecule has 5 heteroatoms. The van der Waals surface area contributed by atoms with Crippen molar-refractivity contribution in [2.45, 2.75) is 45.1 Å². The summed E-state index contributed by atoms with van der Waals surface area (Å²) in [7, 11) is 0. The number of carbonyl (C=O) groups excluding carboxylic acids is 2. The molecule has 2 aromatic rings. The van der Waals surface area contributed by atoms with Gasteiger partial charge in [0.1, 0.15) is 6.04 Å². The third-order valence-corrected chi connectivity index (χ3v) is 5.09. The predicted molar refractivity (Wildman–Crippen MR) is 108 cm³/mol. The lowest BCUT2D eigenvalue weighted by Crippen LogP contribution is -2.28. The third kappa shape index (κ3) is 5.17. The fourth-order valence-corrected chi connectivity index (χ4v) is 3.43. The van der Waals surface area contributed by atoms with E-state index in [0.29, 0.717) is 11.4 Å². The van der Waals surface area contributed by atoms with Crippen LogP contribution in [0.2, 0.25) is 0 Å². The summed E-state index contributed by atoms with van der Waals surface area (Å²) in [5.74, 6) is -0.129. The quantitative estimate of drug-likeness (QED) is 0.744. The summed E-state index contributed by atoms with van der Waals surface area (Å²) in [5.41, 5.74) is 9.26. The van der Waals surface area contributed by atoms with Crippen LogP contribution in [0.4, 0.5) is 11.4 Å². The molecule has 1 atom stereocenters. The van der Waals surface area contributed by atoms with Gasteiger partial charge in [-0.1, -0.05) is 55.2 Å². The van der Waals surface area contributed by atoms with Gasteiger partial charge in [-0.15, -0.1) is 0 Å². The normalized spacial score (nSPS) is 15.8. The summed E-state index contributed by atoms with van der Waals surface area (Å²) in [6.07, 6.45) is 5.35. The molecule has 0 spiro atoms. The van der Waals surface area contributed by atoms with E-state index in [0.717, 1.165) is 36.8 Å². The van der Waals surface area contributed by atoms with Crippen molar-refractivity contribution in [2.24, 2.45) is 11.7 Å². The number of hydrogen-bond acceptors (Lipinski definition) is 3. The van der Waals surface area contributed by atoms with Crippen molar-refractivity contribution in [1.29, 1.82) is 0 Å². The Morgan fingerprint density at radius 1 is 0.963 bits per heavy atom. The smallest absolute Gasteiger partial charge is 0.245 e. The van der Waals surface area contributed by atoms with Gasteiger partial charge in [-0.2, -0.15) is 0 Å². The molecule has 4 N–H and O–H groups in total. The van der Waals surface area contributed by atoms with Gasteiger partial charge in [0.2, 0.25) is 11.8 Å². The van der Waals surface area contributed by atoms with Crippen molar-refractivity contribution in [3.05, 3.63) is 59.7 Å². The number of nitrogens with one attached hydrogen (secondary N) is 2. The van der Waals surface area contributed by atoms with Crippen LogP contribution >= 0.6 is 0 Å². The highest BCUT2D eigenvalue weighted by atomic mass is 16.2. The average Bonchev–Trinajstić information content (AvgIpc) is 2.69. The molecule has 1 saturated carbocycles. The van der Waals surface area contributed by atoms with Crippen LogP contribution in [0, 0.1) is 12.8 Å². The molecular formula is C22H27N3O2. The molecule has 0 aliphatic heterocycles. The molecule has 1 fully saturated rings. The van der Waals surface area contributed by atoms with E-state index in [2.05, 4.69) is 10.6 Å². The van der Waals surface area contributed by atoms with Crippen molar-refractivity contribution >= 4 is 23.2 Å². The molecule has 0 aromatic heterocycles. The summed E-state index contributed by atoms with van der Waals surface area (Å²) in [6, 6.07) is 14.0. The molecule has 0 radical (unpaired) electrons. The lowest BCUT2D eigenvalue weighted by Gasteiger charge is -2.21. The molecule has 1 unspecified atom stereocenters. The summed E-state index contributed by atoms with van der Waals surface area (Å²) < 4.78 is 0. The lowest BCUT2D eigenvalue weighted by atomic mass is 9.88. The minimum absolute atomic E-state index is 0.0644. The van der Waals surface area contributed by atoms with Crippen molar-refractivity contribution in [3.8, 4) is 0 Å². The van der Waals surface area contributed by atoms with Gasteiger partial charge in [-0.3, -0.25) is 9.59 Å². The van der Waals surface area contributed by atoms with Gasteiger partial charge in [0.05, 0.1) is 0 Å². The number of nitrogens with two attached hydrogens (primary N) is 1. The number of rotatable bonds is 5. The molecule has 1 aliphatic carbocycles. The molecule has 1 aliphatic rings. The van der Waals surface area contributed by atoms with Gasteiger partial charge in [0.25, 0.3) is 0 Å². The number of anilines is 2. The molecule has 0 heterocycles. The highest BCUT2D eigenvalue weighted by Gasteiger charge is 2.21. The molecule has 2 amide bonds. The second-order valence-corrected chi connectivity index (χ2v) is 7.28. The van der Waals surface area contributed by atoms with Gasteiger partial charge in [0.15, 0.2) is 0 Å². The van der Waals surface area contributed by atoms with E-state index in [-0.39, 0.29) is 17.7 Å². The zero-order valence-electron chi connectivity index (χ0n) is 15.7. The Morgan fingerprint density at radius 3 is 2.26 bits per heavy atom. The van der Waals surface area contributed by atoms with Crippen molar-refractivity contribution in [1.82, 2.24) is 0 Å². The van der Waals surface area contributed by atoms with E-state index in [1.165, 1.54) is 6.42 Å². The zero-order chi connectivity index (χ0) is 19.2. The SMILES string of the molecule is Cc1ccc(C(N)C(=O)Nc2cccc(NC(=O)C3CCCCC3)c2)cc1. The van der Waals surface area contributed by atoms with Crippen molar-refractivity contribution in [3.63, 3.8) is 0 Å². The van der Waals surface area contributed by atoms with Gasteiger partial charge in [-0.25, -0.2) is 0 Å². The molecule has 3 rings (SSSR count). The van der Waals surface area contributed by atoms with Gasteiger partial charge in [-0.05, 0) is 43.5 Å². The fraction of sp³-hybridized carbons (Fsp3) is 0.364. The molecule has 0 saturated heterocycles. The Labute approximate surface area is 160 Å². The van der Waals surface area contributed by atoms with E-state index >= 15 is 0 Å². The predicted octanol–water partition coefficient (Wildman–Crippen LogP) is 4.15. The van der Waals surface area contributed by atoms with Crippen LogP contribution in [0.1, 0.15) is 49.3 Å². The maximum Gasteiger partial charge on any atom is 0.245 e. The highest BCUT2D eigenvalue weighted by molar-refractivity contribution is 5.97. The second kappa shape index (κ2) is 8.82. The van der Waals surface area contributed by atoms with E-state index in [1.807, 2.05) is 43.3 Å². The van der Waals surface area contributed by atoms with Crippen LogP contribution in [-0.2, 0) is 9.59 Å². The van der Waals surface area contributed by atoms with Gasteiger partial charge >= 0.3 is 0 Å². The number of benzene rings is 2. The van der Waals surface area contributed by atoms with E-state index in [9.17, 15) is 9.59 Å². The van der Waals surface area contributed by atoms with E-state index < -0.39 is 6.04 Å². The van der Waals surface area contributed by atoms with E-state index in [4.69, 9.17) is 5.73 Å². The van der Waals surface area contributed by atoms with Crippen LogP contribution in [0.3, 0.4) is 0 Å². The van der Waals surface area contributed by atoms with Gasteiger partial charge in [0, 0.05) is 17.3 Å². The Bertz CT molecular complexity index is 795. The molecule has 142 valence electrons. The minimum Gasteiger partial charge on any atom is -0.326 e. The first-order chi connectivity index (χ1) is 13.0. The van der Waals surface area contributed by atoms with Crippen LogP contribution in [0.5, 0.6) is 0 Å². The maximum absolute atomic E-state index is 12.5. The van der Waals surface area contributed by atoms with Gasteiger partial charge < -0.3 is 16.4 Å². The number of carbonyl (C=O) groups is 2. The van der Waals surface area contributed by atoms with Crippen LogP contribution < -0.4 is 16.4 Å². The minimum atomic E-state index is -0.744. The van der Waals surface area contributed by atoms with Crippen LogP contribution in [0.25, 0.3) is 0 Å². The Balaban J connectivity index is 1.62. The monoisotopic (exact) mass is 365 g/mol. The van der Waals surface area contributed by atoms with Crippen molar-refractivity contribution < 1.29 is 9.59 Å². The third-order valence-electron chi connectivity index (χ3n) is 5.09. The van der Waals surface area contributed by atoms with Crippen molar-refractivity contribution in [2.75, 3.05) is 10.6 Å². The Hall–Kier alpha value is -2.66. The lowest BCUT2D eigenvalue weighted by molar-refractivity contribution is -0.120. The first-order valence-electron chi connectivity index (χ1n) is 9.57. The Morgan fingerprint density at radius 2 is 1.59 bits per heavy atom. The first-order valence-corrected chi connectivity index (χ1v) is 9.57. The molecule has 5 nitrogen and oxygen atoms in total. The zero-order valence-corrected chi connectivity index (χ0v) is 15.7. The standard InChI is InChI=1S/C22H27N3O2/c1-15-10-12-16(13-11-15)20(23)22(27)25-19-9-5-8-18(14-19)24-21(26)17-6-3-2-4-7-17/h5,8-14,17,20H,2-4,6-7,23H2,1H3,(H,24,26)(H,25,27). The summed E-state index contributed by atoms with van der Waals surface area (Å²) in [4.78, 5) is 24.9. The molecule has 0 bridgehead atoms. The summed E-state index contributed by atoms with van der Waals surface area (Å²) in [5, 5.41) is 5.80. The Kier molecular flexibility index (Phi) is 6.24. The number of aryl methyl sites for hydroxylation is 1. The summed E-state index contributed by atoms with van der Waals surface area (Å²) in [6.45, 7) is 1.99. The maximum atomic E-state index is 12.5. The topological polar surface area (TPSA) is 84.2 Å². The molecule has 27 heavy (non-hydrogen) atoms. The average molecular weight is 365 g/mol. The highest BCUT2D eigenvalue weighted by Crippen LogP contribution is 2.25. The van der Waals surface area contributed by atoms with Crippen LogP contribution in [0.15, 0.2) is 48.5 Å². The largest absolute Gasteiger partial charge is 0.326 e. The number of hydrogen-bond donors (Lipinski definition) is 3. The molecular weight excluding hydrogens is 338 g/mol. The fourth-order valence-electron chi connectivity index (χ4n) is 3.43. The van der Waals surface area contributed by atoms with E-state index in [1.54, 1.807) is 12.1 Å².